The number of ether oxygens (including phenoxy) is 3. The summed E-state index contributed by atoms with van der Waals surface area (Å²) in [4.78, 5) is 21.1. The van der Waals surface area contributed by atoms with Crippen LogP contribution in [0.4, 0.5) is 0 Å². The van der Waals surface area contributed by atoms with Crippen LogP contribution in [0.25, 0.3) is 22.3 Å². The molecule has 0 radical (unpaired) electrons. The Morgan fingerprint density at radius 1 is 1.11 bits per heavy atom. The highest BCUT2D eigenvalue weighted by Crippen LogP contribution is 2.31. The summed E-state index contributed by atoms with van der Waals surface area (Å²) < 4.78 is 16.3. The average molecular weight is 379 g/mol. The van der Waals surface area contributed by atoms with Crippen LogP contribution in [-0.2, 0) is 9.53 Å². The zero-order chi connectivity index (χ0) is 19.5. The summed E-state index contributed by atoms with van der Waals surface area (Å²) in [5.41, 5.74) is 1.67. The van der Waals surface area contributed by atoms with Crippen LogP contribution in [0, 0.1) is 0 Å². The SMILES string of the molecule is COC(=O)[C@@H]1CC(Oc2nc(-c3ccccc3)nc3ccc(OC)cc23)CN1. The lowest BCUT2D eigenvalue weighted by molar-refractivity contribution is -0.142. The molecule has 1 aliphatic heterocycles. The maximum atomic E-state index is 11.8. The second kappa shape index (κ2) is 7.82. The van der Waals surface area contributed by atoms with Crippen LogP contribution >= 0.6 is 0 Å². The van der Waals surface area contributed by atoms with Gasteiger partial charge in [-0.1, -0.05) is 30.3 Å². The topological polar surface area (TPSA) is 82.6 Å². The van der Waals surface area contributed by atoms with Crippen LogP contribution in [0.1, 0.15) is 6.42 Å². The van der Waals surface area contributed by atoms with Crippen molar-refractivity contribution < 1.29 is 19.0 Å². The third-order valence-electron chi connectivity index (χ3n) is 4.75. The van der Waals surface area contributed by atoms with Crippen molar-refractivity contribution in [2.24, 2.45) is 0 Å². The number of esters is 1. The minimum absolute atomic E-state index is 0.197. The molecule has 0 aliphatic carbocycles. The van der Waals surface area contributed by atoms with E-state index in [0.717, 1.165) is 16.5 Å². The number of nitrogens with zero attached hydrogens (tertiary/aromatic N) is 2. The normalized spacial score (nSPS) is 18.8. The average Bonchev–Trinajstić information content (AvgIpc) is 3.22. The molecule has 144 valence electrons. The summed E-state index contributed by atoms with van der Waals surface area (Å²) >= 11 is 0. The molecule has 3 aromatic rings. The summed E-state index contributed by atoms with van der Waals surface area (Å²) in [6.45, 7) is 0.538. The van der Waals surface area contributed by atoms with Gasteiger partial charge in [-0.05, 0) is 18.2 Å². The van der Waals surface area contributed by atoms with Gasteiger partial charge < -0.3 is 19.5 Å². The molecule has 1 saturated heterocycles. The lowest BCUT2D eigenvalue weighted by atomic mass is 10.1. The van der Waals surface area contributed by atoms with Gasteiger partial charge in [-0.2, -0.15) is 4.98 Å². The Morgan fingerprint density at radius 2 is 1.93 bits per heavy atom. The van der Waals surface area contributed by atoms with E-state index < -0.39 is 0 Å². The van der Waals surface area contributed by atoms with Gasteiger partial charge in [0.05, 0.1) is 25.1 Å². The number of carbonyl (C=O) groups excluding carboxylic acids is 1. The van der Waals surface area contributed by atoms with Gasteiger partial charge in [0.1, 0.15) is 17.9 Å². The van der Waals surface area contributed by atoms with Crippen LogP contribution < -0.4 is 14.8 Å². The fourth-order valence-electron chi connectivity index (χ4n) is 3.29. The van der Waals surface area contributed by atoms with E-state index in [-0.39, 0.29) is 18.1 Å². The summed E-state index contributed by atoms with van der Waals surface area (Å²) in [6.07, 6.45) is 0.319. The Kier molecular flexibility index (Phi) is 5.08. The molecule has 4 rings (SSSR count). The fourth-order valence-corrected chi connectivity index (χ4v) is 3.29. The Labute approximate surface area is 162 Å². The molecule has 0 saturated carbocycles. The Balaban J connectivity index is 1.71. The van der Waals surface area contributed by atoms with Crippen molar-refractivity contribution in [2.45, 2.75) is 18.6 Å². The second-order valence-electron chi connectivity index (χ2n) is 6.56. The standard InChI is InChI=1S/C21H21N3O4/c1-26-14-8-9-17-16(10-14)20(24-19(23-17)13-6-4-3-5-7-13)28-15-11-18(22-12-15)21(25)27-2/h3-10,15,18,22H,11-12H2,1-2H3/t15?,18-/m0/s1. The molecule has 2 heterocycles. The first-order valence-electron chi connectivity index (χ1n) is 9.07. The molecule has 1 N–H and O–H groups in total. The first-order valence-corrected chi connectivity index (χ1v) is 9.07. The molecular weight excluding hydrogens is 358 g/mol. The molecule has 2 aromatic carbocycles. The van der Waals surface area contributed by atoms with E-state index in [0.29, 0.717) is 30.4 Å². The van der Waals surface area contributed by atoms with Crippen LogP contribution in [0.15, 0.2) is 48.5 Å². The summed E-state index contributed by atoms with van der Waals surface area (Å²) in [5, 5.41) is 3.89. The summed E-state index contributed by atoms with van der Waals surface area (Å²) in [5.74, 6) is 1.47. The van der Waals surface area contributed by atoms with Crippen molar-refractivity contribution in [1.29, 1.82) is 0 Å². The van der Waals surface area contributed by atoms with E-state index in [2.05, 4.69) is 15.3 Å². The third-order valence-corrected chi connectivity index (χ3v) is 4.75. The van der Waals surface area contributed by atoms with E-state index in [1.54, 1.807) is 7.11 Å². The largest absolute Gasteiger partial charge is 0.497 e. The Bertz CT molecular complexity index is 994. The minimum atomic E-state index is -0.369. The highest BCUT2D eigenvalue weighted by molar-refractivity contribution is 5.86. The van der Waals surface area contributed by atoms with Crippen molar-refractivity contribution in [3.63, 3.8) is 0 Å². The predicted molar refractivity (Wildman–Crippen MR) is 104 cm³/mol. The van der Waals surface area contributed by atoms with Crippen LogP contribution in [0.2, 0.25) is 0 Å². The number of methoxy groups -OCH3 is 2. The highest BCUT2D eigenvalue weighted by Gasteiger charge is 2.32. The number of aromatic nitrogens is 2. The van der Waals surface area contributed by atoms with Gasteiger partial charge in [-0.3, -0.25) is 4.79 Å². The molecular formula is C21H21N3O4. The van der Waals surface area contributed by atoms with Crippen molar-refractivity contribution in [3.05, 3.63) is 48.5 Å². The van der Waals surface area contributed by atoms with E-state index in [4.69, 9.17) is 14.2 Å². The van der Waals surface area contributed by atoms with Gasteiger partial charge in [0.2, 0.25) is 5.88 Å². The van der Waals surface area contributed by atoms with Gasteiger partial charge >= 0.3 is 5.97 Å². The molecule has 7 nitrogen and oxygen atoms in total. The number of nitrogens with one attached hydrogen (secondary N) is 1. The first-order chi connectivity index (χ1) is 13.7. The maximum absolute atomic E-state index is 11.8. The number of benzene rings is 2. The summed E-state index contributed by atoms with van der Waals surface area (Å²) in [7, 11) is 3.00. The van der Waals surface area contributed by atoms with Crippen molar-refractivity contribution in [1.82, 2.24) is 15.3 Å². The lowest BCUT2D eigenvalue weighted by Crippen LogP contribution is -2.31. The number of hydrogen-bond acceptors (Lipinski definition) is 7. The monoisotopic (exact) mass is 379 g/mol. The van der Waals surface area contributed by atoms with Gasteiger partial charge in [0.15, 0.2) is 5.82 Å². The van der Waals surface area contributed by atoms with Gasteiger partial charge in [0.25, 0.3) is 0 Å². The zero-order valence-corrected chi connectivity index (χ0v) is 15.7. The molecule has 0 bridgehead atoms. The first kappa shape index (κ1) is 18.2. The van der Waals surface area contributed by atoms with Crippen LogP contribution in [0.5, 0.6) is 11.6 Å². The molecule has 1 aromatic heterocycles. The molecule has 1 fully saturated rings. The van der Waals surface area contributed by atoms with Crippen molar-refractivity contribution in [3.8, 4) is 23.0 Å². The van der Waals surface area contributed by atoms with Crippen LogP contribution in [0.3, 0.4) is 0 Å². The van der Waals surface area contributed by atoms with Crippen molar-refractivity contribution in [2.75, 3.05) is 20.8 Å². The van der Waals surface area contributed by atoms with E-state index >= 15 is 0 Å². The maximum Gasteiger partial charge on any atom is 0.323 e. The quantitative estimate of drug-likeness (QED) is 0.682. The van der Waals surface area contributed by atoms with Gasteiger partial charge in [-0.15, -0.1) is 0 Å². The molecule has 1 unspecified atom stereocenters. The van der Waals surface area contributed by atoms with Gasteiger partial charge in [-0.25, -0.2) is 4.98 Å². The molecule has 1 aliphatic rings. The Morgan fingerprint density at radius 3 is 2.68 bits per heavy atom. The highest BCUT2D eigenvalue weighted by atomic mass is 16.5. The number of fused-ring (bicyclic) bond motifs is 1. The zero-order valence-electron chi connectivity index (χ0n) is 15.7. The van der Waals surface area contributed by atoms with Crippen molar-refractivity contribution >= 4 is 16.9 Å². The molecule has 28 heavy (non-hydrogen) atoms. The number of hydrogen-bond donors (Lipinski definition) is 1. The molecule has 0 amide bonds. The minimum Gasteiger partial charge on any atom is -0.497 e. The number of carbonyl (C=O) groups is 1. The Hall–Kier alpha value is -3.19. The van der Waals surface area contributed by atoms with E-state index in [1.807, 2.05) is 48.5 Å². The summed E-state index contributed by atoms with van der Waals surface area (Å²) in [6, 6.07) is 15.0. The van der Waals surface area contributed by atoms with E-state index in [1.165, 1.54) is 7.11 Å². The second-order valence-corrected chi connectivity index (χ2v) is 6.56. The smallest absolute Gasteiger partial charge is 0.323 e. The molecule has 2 atom stereocenters. The fraction of sp³-hybridized carbons (Fsp3) is 0.286. The lowest BCUT2D eigenvalue weighted by Gasteiger charge is -2.15. The van der Waals surface area contributed by atoms with Crippen LogP contribution in [-0.4, -0.2) is 48.8 Å². The van der Waals surface area contributed by atoms with Gasteiger partial charge in [0, 0.05) is 18.5 Å². The number of rotatable bonds is 5. The third kappa shape index (κ3) is 3.61. The predicted octanol–water partition coefficient (Wildman–Crippen LogP) is 2.59. The molecule has 0 spiro atoms. The van der Waals surface area contributed by atoms with E-state index in [9.17, 15) is 4.79 Å². The molecule has 7 heteroatoms.